The van der Waals surface area contributed by atoms with E-state index in [1.54, 1.807) is 6.07 Å². The van der Waals surface area contributed by atoms with Crippen LogP contribution in [-0.4, -0.2) is 18.3 Å². The lowest BCUT2D eigenvalue weighted by Crippen LogP contribution is -2.30. The van der Waals surface area contributed by atoms with E-state index in [0.717, 1.165) is 0 Å². The molecule has 3 nitrogen and oxygen atoms in total. The normalized spacial score (nSPS) is 20.6. The van der Waals surface area contributed by atoms with Crippen molar-refractivity contribution in [1.82, 2.24) is 0 Å². The molecule has 0 bridgehead atoms. The molecule has 0 aromatic heterocycles. The van der Waals surface area contributed by atoms with Gasteiger partial charge < -0.3 is 14.6 Å². The minimum absolute atomic E-state index is 0.131. The Morgan fingerprint density at radius 1 is 1.19 bits per heavy atom. The highest BCUT2D eigenvalue weighted by Gasteiger charge is 2.30. The van der Waals surface area contributed by atoms with Crippen LogP contribution in [0.15, 0.2) is 36.4 Å². The number of hydrogen-bond donors (Lipinski definition) is 1. The third kappa shape index (κ3) is 2.56. The summed E-state index contributed by atoms with van der Waals surface area (Å²) in [5.41, 5.74) is 1.11. The zero-order chi connectivity index (χ0) is 15.0. The Bertz CT molecular complexity index is 673. The Labute approximate surface area is 120 Å². The molecule has 21 heavy (non-hydrogen) atoms. The number of benzene rings is 2. The molecule has 1 aliphatic heterocycles. The molecule has 3 rings (SSSR count). The third-order valence-electron chi connectivity index (χ3n) is 3.56. The van der Waals surface area contributed by atoms with Gasteiger partial charge in [0.1, 0.15) is 17.7 Å². The lowest BCUT2D eigenvalue weighted by atomic mass is 9.94. The van der Waals surface area contributed by atoms with Gasteiger partial charge in [-0.3, -0.25) is 0 Å². The third-order valence-corrected chi connectivity index (χ3v) is 3.56. The fourth-order valence-corrected chi connectivity index (χ4v) is 2.52. The summed E-state index contributed by atoms with van der Waals surface area (Å²) in [6.45, 7) is 0. The fraction of sp³-hybridized carbons (Fsp3) is 0.250. The van der Waals surface area contributed by atoms with Gasteiger partial charge in [-0.05, 0) is 41.5 Å². The number of ether oxygens (including phenoxy) is 2. The quantitative estimate of drug-likeness (QED) is 0.924. The van der Waals surface area contributed by atoms with E-state index in [-0.39, 0.29) is 18.0 Å². The summed E-state index contributed by atoms with van der Waals surface area (Å²) in [6, 6.07) is 8.56. The lowest BCUT2D eigenvalue weighted by molar-refractivity contribution is 0.0205. The van der Waals surface area contributed by atoms with Gasteiger partial charge in [-0.15, -0.1) is 0 Å². The van der Waals surface area contributed by atoms with E-state index in [1.165, 1.54) is 37.4 Å². The van der Waals surface area contributed by atoms with E-state index in [2.05, 4.69) is 0 Å². The molecule has 0 radical (unpaired) electrons. The van der Waals surface area contributed by atoms with Gasteiger partial charge in [0.05, 0.1) is 13.2 Å². The van der Waals surface area contributed by atoms with Gasteiger partial charge in [0, 0.05) is 6.42 Å². The predicted octanol–water partition coefficient (Wildman–Crippen LogP) is 3.01. The number of aliphatic hydroxyl groups is 1. The number of rotatable bonds is 2. The first kappa shape index (κ1) is 13.8. The first-order chi connectivity index (χ1) is 10.1. The molecule has 2 atom stereocenters. The molecule has 110 valence electrons. The van der Waals surface area contributed by atoms with E-state index >= 15 is 0 Å². The van der Waals surface area contributed by atoms with Crippen molar-refractivity contribution >= 4 is 0 Å². The second kappa shape index (κ2) is 5.33. The van der Waals surface area contributed by atoms with Crippen LogP contribution in [0.2, 0.25) is 0 Å². The SMILES string of the molecule is COc1ccc([C@H]2Oc3ccc(F)cc3C[C@H]2O)cc1F. The molecule has 2 aromatic carbocycles. The van der Waals surface area contributed by atoms with Gasteiger partial charge in [-0.25, -0.2) is 8.78 Å². The molecule has 1 heterocycles. The van der Waals surface area contributed by atoms with Crippen LogP contribution in [0.25, 0.3) is 0 Å². The Morgan fingerprint density at radius 3 is 2.71 bits per heavy atom. The smallest absolute Gasteiger partial charge is 0.165 e. The van der Waals surface area contributed by atoms with Gasteiger partial charge in [0.2, 0.25) is 0 Å². The minimum atomic E-state index is -0.868. The van der Waals surface area contributed by atoms with Gasteiger partial charge in [0.15, 0.2) is 11.6 Å². The fourth-order valence-electron chi connectivity index (χ4n) is 2.52. The molecule has 0 saturated heterocycles. The molecular weight excluding hydrogens is 278 g/mol. The Balaban J connectivity index is 1.93. The van der Waals surface area contributed by atoms with E-state index < -0.39 is 18.0 Å². The minimum Gasteiger partial charge on any atom is -0.494 e. The maximum atomic E-state index is 13.8. The van der Waals surface area contributed by atoms with Crippen molar-refractivity contribution in [2.75, 3.05) is 7.11 Å². The van der Waals surface area contributed by atoms with E-state index in [9.17, 15) is 13.9 Å². The summed E-state index contributed by atoms with van der Waals surface area (Å²) < 4.78 is 37.5. The summed E-state index contributed by atoms with van der Waals surface area (Å²) in [5, 5.41) is 10.2. The van der Waals surface area contributed by atoms with Crippen molar-refractivity contribution in [3.8, 4) is 11.5 Å². The van der Waals surface area contributed by atoms with Crippen LogP contribution in [0.1, 0.15) is 17.2 Å². The number of hydrogen-bond acceptors (Lipinski definition) is 3. The van der Waals surface area contributed by atoms with Crippen LogP contribution in [0.3, 0.4) is 0 Å². The second-order valence-corrected chi connectivity index (χ2v) is 4.96. The molecule has 0 spiro atoms. The molecule has 1 N–H and O–H groups in total. The first-order valence-electron chi connectivity index (χ1n) is 6.55. The predicted molar refractivity (Wildman–Crippen MR) is 72.4 cm³/mol. The molecule has 2 aromatic rings. The highest BCUT2D eigenvalue weighted by atomic mass is 19.1. The van der Waals surface area contributed by atoms with E-state index in [0.29, 0.717) is 16.9 Å². The van der Waals surface area contributed by atoms with E-state index in [4.69, 9.17) is 9.47 Å². The summed E-state index contributed by atoms with van der Waals surface area (Å²) in [5.74, 6) is -0.261. The Hall–Kier alpha value is -2.14. The average molecular weight is 292 g/mol. The molecule has 5 heteroatoms. The molecule has 1 aliphatic rings. The van der Waals surface area contributed by atoms with Crippen molar-refractivity contribution in [1.29, 1.82) is 0 Å². The van der Waals surface area contributed by atoms with Crippen molar-refractivity contribution in [2.24, 2.45) is 0 Å². The van der Waals surface area contributed by atoms with Gasteiger partial charge in [-0.2, -0.15) is 0 Å². The summed E-state index contributed by atoms with van der Waals surface area (Å²) >= 11 is 0. The molecule has 0 amide bonds. The number of fused-ring (bicyclic) bond motifs is 1. The number of halogens is 2. The monoisotopic (exact) mass is 292 g/mol. The van der Waals surface area contributed by atoms with Crippen molar-refractivity contribution in [3.05, 3.63) is 59.2 Å². The van der Waals surface area contributed by atoms with Crippen molar-refractivity contribution in [3.63, 3.8) is 0 Å². The highest BCUT2D eigenvalue weighted by Crippen LogP contribution is 2.36. The van der Waals surface area contributed by atoms with Gasteiger partial charge >= 0.3 is 0 Å². The maximum absolute atomic E-state index is 13.8. The van der Waals surface area contributed by atoms with Crippen LogP contribution in [0.5, 0.6) is 11.5 Å². The zero-order valence-corrected chi connectivity index (χ0v) is 11.3. The van der Waals surface area contributed by atoms with Gasteiger partial charge in [-0.1, -0.05) is 6.07 Å². The van der Waals surface area contributed by atoms with Crippen LogP contribution in [-0.2, 0) is 6.42 Å². The maximum Gasteiger partial charge on any atom is 0.165 e. The largest absolute Gasteiger partial charge is 0.494 e. The molecule has 0 saturated carbocycles. The summed E-state index contributed by atoms with van der Waals surface area (Å²) in [4.78, 5) is 0. The van der Waals surface area contributed by atoms with Crippen LogP contribution in [0.4, 0.5) is 8.78 Å². The number of methoxy groups -OCH3 is 1. The van der Waals surface area contributed by atoms with Gasteiger partial charge in [0.25, 0.3) is 0 Å². The Kier molecular flexibility index (Phi) is 3.51. The van der Waals surface area contributed by atoms with Crippen molar-refractivity contribution < 1.29 is 23.4 Å². The van der Waals surface area contributed by atoms with Crippen LogP contribution in [0, 0.1) is 11.6 Å². The lowest BCUT2D eigenvalue weighted by Gasteiger charge is -2.31. The highest BCUT2D eigenvalue weighted by molar-refractivity contribution is 5.39. The average Bonchev–Trinajstić information content (AvgIpc) is 2.46. The van der Waals surface area contributed by atoms with E-state index in [1.807, 2.05) is 0 Å². The molecular formula is C16H14F2O3. The summed E-state index contributed by atoms with van der Waals surface area (Å²) in [6.07, 6.45) is -1.30. The van der Waals surface area contributed by atoms with Crippen LogP contribution < -0.4 is 9.47 Å². The standard InChI is InChI=1S/C16H14F2O3/c1-20-15-4-2-9(7-12(15)18)16-13(19)8-10-6-11(17)3-5-14(10)21-16/h2-7,13,16,19H,8H2,1H3/t13-,16-/m1/s1. The molecule has 0 aliphatic carbocycles. The van der Waals surface area contributed by atoms with Crippen LogP contribution >= 0.6 is 0 Å². The second-order valence-electron chi connectivity index (χ2n) is 4.96. The zero-order valence-electron chi connectivity index (χ0n) is 11.3. The topological polar surface area (TPSA) is 38.7 Å². The van der Waals surface area contributed by atoms with Crippen molar-refractivity contribution in [2.45, 2.75) is 18.6 Å². The summed E-state index contributed by atoms with van der Waals surface area (Å²) in [7, 11) is 1.38. The first-order valence-corrected chi connectivity index (χ1v) is 6.55. The number of aliphatic hydroxyl groups excluding tert-OH is 1. The molecule has 0 unspecified atom stereocenters. The molecule has 0 fully saturated rings. The Morgan fingerprint density at radius 2 is 2.00 bits per heavy atom.